The zero-order valence-electron chi connectivity index (χ0n) is 31.1. The van der Waals surface area contributed by atoms with Crippen LogP contribution >= 0.6 is 0 Å². The predicted molar refractivity (Wildman–Crippen MR) is 201 cm³/mol. The zero-order valence-corrected chi connectivity index (χ0v) is 31.1. The van der Waals surface area contributed by atoms with Gasteiger partial charge in [0.2, 0.25) is 5.91 Å². The van der Waals surface area contributed by atoms with Gasteiger partial charge in [-0.15, -0.1) is 0 Å². The minimum atomic E-state index is -0.384. The number of fused-ring (bicyclic) bond motifs is 5. The van der Waals surface area contributed by atoms with Gasteiger partial charge in [-0.3, -0.25) is 9.28 Å². The van der Waals surface area contributed by atoms with E-state index in [0.29, 0.717) is 36.0 Å². The van der Waals surface area contributed by atoms with E-state index in [1.807, 2.05) is 0 Å². The molecule has 2 aromatic rings. The number of hydrogen-bond acceptors (Lipinski definition) is 4. The molecule has 274 valence electrons. The number of hydrogen-bond donors (Lipinski definition) is 4. The van der Waals surface area contributed by atoms with Crippen molar-refractivity contribution in [3.05, 3.63) is 66.2 Å². The number of aliphatic hydroxyl groups excluding tert-OH is 3. The average molecular weight is 686 g/mol. The normalized spacial score (nSPS) is 41.8. The van der Waals surface area contributed by atoms with Crippen molar-refractivity contribution < 1.29 is 20.1 Å². The monoisotopic (exact) mass is 685 g/mol. The smallest absolute Gasteiger partial charge is 0.220 e. The molecule has 0 bridgehead atoms. The number of piperidine rings is 1. The van der Waals surface area contributed by atoms with E-state index in [1.165, 1.54) is 11.3 Å². The van der Waals surface area contributed by atoms with E-state index < -0.39 is 0 Å². The molecule has 4 aliphatic carbocycles. The minimum absolute atomic E-state index is 0.0914. The van der Waals surface area contributed by atoms with Gasteiger partial charge in [-0.2, -0.15) is 0 Å². The summed E-state index contributed by atoms with van der Waals surface area (Å²) in [5.74, 6) is 2.07. The average Bonchev–Trinajstić information content (AvgIpc) is 3.48. The molecule has 4 N–H and O–H groups in total. The first-order valence-corrected chi connectivity index (χ1v) is 20.3. The van der Waals surface area contributed by atoms with Gasteiger partial charge >= 0.3 is 0 Å². The van der Waals surface area contributed by atoms with Gasteiger partial charge in [0, 0.05) is 31.7 Å². The van der Waals surface area contributed by atoms with Gasteiger partial charge in [-0.1, -0.05) is 69.3 Å². The van der Waals surface area contributed by atoms with E-state index in [0.717, 1.165) is 101 Å². The maximum atomic E-state index is 13.4. The van der Waals surface area contributed by atoms with Gasteiger partial charge in [0.05, 0.1) is 37.9 Å². The molecule has 1 aliphatic heterocycles. The SMILES string of the molecule is C[C@H](CCC(=O)NC1CC[N+](CCCc2ccccc2)(c2ccccc2)CC1)[C@H]1CC[C@H]2[C@@H]3[C@H](O)C[C@@H]4C[C@H](O)CC[C@]4(C)[C@H]3C[C@H](O)[C@]12C. The van der Waals surface area contributed by atoms with Gasteiger partial charge < -0.3 is 20.6 Å². The first kappa shape index (κ1) is 36.1. The van der Waals surface area contributed by atoms with E-state index in [4.69, 9.17) is 0 Å². The van der Waals surface area contributed by atoms with Crippen LogP contribution in [-0.4, -0.2) is 65.2 Å². The Morgan fingerprint density at radius 1 is 0.880 bits per heavy atom. The fraction of sp³-hybridized carbons (Fsp3) is 0.705. The lowest BCUT2D eigenvalue weighted by Gasteiger charge is -2.63. The highest BCUT2D eigenvalue weighted by Gasteiger charge is 2.65. The Morgan fingerprint density at radius 2 is 1.58 bits per heavy atom. The molecular weight excluding hydrogens is 620 g/mol. The van der Waals surface area contributed by atoms with E-state index in [2.05, 4.69) is 86.8 Å². The quantitative estimate of drug-likeness (QED) is 0.198. The van der Waals surface area contributed by atoms with E-state index in [9.17, 15) is 20.1 Å². The topological polar surface area (TPSA) is 89.8 Å². The van der Waals surface area contributed by atoms with Crippen LogP contribution in [0, 0.1) is 46.3 Å². The van der Waals surface area contributed by atoms with Gasteiger partial charge in [-0.05, 0) is 122 Å². The van der Waals surface area contributed by atoms with Crippen molar-refractivity contribution in [2.45, 2.75) is 129 Å². The maximum absolute atomic E-state index is 13.4. The number of benzene rings is 2. The molecule has 0 unspecified atom stereocenters. The second kappa shape index (κ2) is 14.6. The maximum Gasteiger partial charge on any atom is 0.220 e. The number of aliphatic hydroxyl groups is 3. The summed E-state index contributed by atoms with van der Waals surface area (Å²) in [7, 11) is 0. The summed E-state index contributed by atoms with van der Waals surface area (Å²) < 4.78 is 0.999. The molecule has 7 rings (SSSR count). The van der Waals surface area contributed by atoms with Crippen molar-refractivity contribution >= 4 is 11.6 Å². The molecule has 6 heteroatoms. The third-order valence-electron chi connectivity index (χ3n) is 15.7. The van der Waals surface area contributed by atoms with Crippen molar-refractivity contribution in [3.63, 3.8) is 0 Å². The Kier molecular flexibility index (Phi) is 10.6. The molecule has 0 radical (unpaired) electrons. The Balaban J connectivity index is 0.930. The number of amides is 1. The molecular formula is C44H65N2O4+. The number of rotatable bonds is 10. The molecule has 1 saturated heterocycles. The van der Waals surface area contributed by atoms with Crippen LogP contribution in [0.2, 0.25) is 0 Å². The molecule has 5 fully saturated rings. The summed E-state index contributed by atoms with van der Waals surface area (Å²) in [5, 5.41) is 37.4. The van der Waals surface area contributed by atoms with Crippen LogP contribution in [0.25, 0.3) is 0 Å². The number of nitrogens with zero attached hydrogens (tertiary/aromatic N) is 1. The van der Waals surface area contributed by atoms with E-state index in [1.54, 1.807) is 0 Å². The molecule has 4 saturated carbocycles. The van der Waals surface area contributed by atoms with Crippen LogP contribution < -0.4 is 9.80 Å². The molecule has 5 aliphatic rings. The molecule has 2 aromatic carbocycles. The zero-order chi connectivity index (χ0) is 35.1. The van der Waals surface area contributed by atoms with Gasteiger partial charge in [-0.25, -0.2) is 0 Å². The van der Waals surface area contributed by atoms with Gasteiger partial charge in [0.15, 0.2) is 0 Å². The van der Waals surface area contributed by atoms with Crippen molar-refractivity contribution in [1.29, 1.82) is 0 Å². The van der Waals surface area contributed by atoms with E-state index >= 15 is 0 Å². The number of nitrogens with one attached hydrogen (secondary N) is 1. The summed E-state index contributed by atoms with van der Waals surface area (Å²) in [6.07, 6.45) is 11.0. The van der Waals surface area contributed by atoms with Crippen LogP contribution in [0.3, 0.4) is 0 Å². The lowest BCUT2D eigenvalue weighted by Crippen LogP contribution is -2.62. The number of carbonyl (C=O) groups excluding carboxylic acids is 1. The van der Waals surface area contributed by atoms with Crippen molar-refractivity contribution in [1.82, 2.24) is 9.80 Å². The summed E-state index contributed by atoms with van der Waals surface area (Å²) >= 11 is 0. The molecule has 1 heterocycles. The summed E-state index contributed by atoms with van der Waals surface area (Å²) in [6.45, 7) is 10.2. The van der Waals surface area contributed by atoms with Crippen LogP contribution in [-0.2, 0) is 11.2 Å². The molecule has 50 heavy (non-hydrogen) atoms. The number of para-hydroxylation sites is 1. The molecule has 11 atom stereocenters. The molecule has 6 nitrogen and oxygen atoms in total. The Bertz CT molecular complexity index is 1430. The van der Waals surface area contributed by atoms with Crippen molar-refractivity contribution in [2.75, 3.05) is 19.6 Å². The van der Waals surface area contributed by atoms with Gasteiger partial charge in [0.25, 0.3) is 0 Å². The lowest BCUT2D eigenvalue weighted by atomic mass is 9.43. The molecule has 0 spiro atoms. The van der Waals surface area contributed by atoms with Crippen LogP contribution in [0.15, 0.2) is 60.7 Å². The second-order valence-corrected chi connectivity index (χ2v) is 18.1. The third-order valence-corrected chi connectivity index (χ3v) is 15.7. The van der Waals surface area contributed by atoms with Crippen molar-refractivity contribution in [2.24, 2.45) is 46.3 Å². The highest BCUT2D eigenvalue weighted by atomic mass is 16.3. The van der Waals surface area contributed by atoms with Crippen LogP contribution in [0.5, 0.6) is 0 Å². The number of aryl methyl sites for hydroxylation is 1. The first-order chi connectivity index (χ1) is 24.0. The summed E-state index contributed by atoms with van der Waals surface area (Å²) in [5.41, 5.74) is 2.66. The minimum Gasteiger partial charge on any atom is -0.393 e. The third kappa shape index (κ3) is 6.72. The fourth-order valence-corrected chi connectivity index (χ4v) is 12.8. The lowest BCUT2D eigenvalue weighted by molar-refractivity contribution is -0.207. The van der Waals surface area contributed by atoms with Gasteiger partial charge in [0.1, 0.15) is 5.69 Å². The molecule has 0 aromatic heterocycles. The fourth-order valence-electron chi connectivity index (χ4n) is 12.8. The summed E-state index contributed by atoms with van der Waals surface area (Å²) in [6, 6.07) is 22.0. The van der Waals surface area contributed by atoms with Crippen molar-refractivity contribution in [3.8, 4) is 0 Å². The second-order valence-electron chi connectivity index (χ2n) is 18.1. The highest BCUT2D eigenvalue weighted by molar-refractivity contribution is 5.76. The number of likely N-dealkylation sites (tertiary alicyclic amines) is 1. The Hall–Kier alpha value is -2.25. The van der Waals surface area contributed by atoms with E-state index in [-0.39, 0.29) is 47.0 Å². The summed E-state index contributed by atoms with van der Waals surface area (Å²) in [4.78, 5) is 13.4. The Labute approximate surface area is 301 Å². The highest BCUT2D eigenvalue weighted by Crippen LogP contribution is 2.68. The first-order valence-electron chi connectivity index (χ1n) is 20.3. The standard InChI is InChI=1S/C44H64N2O4/c1-30(36-17-18-37-42-38(29-40(49)44(36,37)3)43(2)23-20-35(47)27-32(43)28-39(42)48)16-19-41(50)45-33-21-25-46(26-22-33,34-14-8-5-9-15-34)24-10-13-31-11-6-4-7-12-31/h4-9,11-12,14-15,30,32-33,35-40,42,47-49H,10,13,16-29H2,1-3H3/p+1/t30-,32+,33?,35-,36-,37+,38+,39-,40+,42+,43+,44-,46?/m1/s1. The number of quaternary nitrogens is 1. The largest absolute Gasteiger partial charge is 0.393 e. The molecule has 1 amide bonds. The Morgan fingerprint density at radius 3 is 2.30 bits per heavy atom. The van der Waals surface area contributed by atoms with Crippen LogP contribution in [0.4, 0.5) is 5.69 Å². The number of carbonyl (C=O) groups is 1. The van der Waals surface area contributed by atoms with Crippen LogP contribution in [0.1, 0.15) is 103 Å². The predicted octanol–water partition coefficient (Wildman–Crippen LogP) is 7.28.